The first-order chi connectivity index (χ1) is 7.63. The summed E-state index contributed by atoms with van der Waals surface area (Å²) in [7, 11) is 3.10. The molecule has 0 bridgehead atoms. The van der Waals surface area contributed by atoms with Crippen LogP contribution in [0.5, 0.6) is 17.2 Å². The molecule has 90 valence electrons. The van der Waals surface area contributed by atoms with E-state index in [-0.39, 0.29) is 11.8 Å². The molecular formula is C12H19NO3. The van der Waals surface area contributed by atoms with Crippen molar-refractivity contribution in [2.24, 2.45) is 5.73 Å². The fourth-order valence-electron chi connectivity index (χ4n) is 1.75. The van der Waals surface area contributed by atoms with Gasteiger partial charge in [0.2, 0.25) is 0 Å². The van der Waals surface area contributed by atoms with Gasteiger partial charge in [0, 0.05) is 18.2 Å². The molecule has 0 aliphatic heterocycles. The van der Waals surface area contributed by atoms with Crippen molar-refractivity contribution in [1.29, 1.82) is 0 Å². The van der Waals surface area contributed by atoms with Crippen LogP contribution < -0.4 is 15.2 Å². The van der Waals surface area contributed by atoms with E-state index >= 15 is 0 Å². The van der Waals surface area contributed by atoms with Gasteiger partial charge in [-0.25, -0.2) is 0 Å². The van der Waals surface area contributed by atoms with Crippen LogP contribution in [0.15, 0.2) is 12.1 Å². The molecule has 0 heterocycles. The van der Waals surface area contributed by atoms with Gasteiger partial charge in [0.25, 0.3) is 0 Å². The van der Waals surface area contributed by atoms with Gasteiger partial charge >= 0.3 is 0 Å². The second-order valence-electron chi connectivity index (χ2n) is 3.66. The average Bonchev–Trinajstić information content (AvgIpc) is 2.27. The highest BCUT2D eigenvalue weighted by Gasteiger charge is 2.18. The Labute approximate surface area is 96.0 Å². The van der Waals surface area contributed by atoms with Crippen LogP contribution in [0.25, 0.3) is 0 Å². The van der Waals surface area contributed by atoms with Crippen molar-refractivity contribution in [3.8, 4) is 17.2 Å². The van der Waals surface area contributed by atoms with Crippen LogP contribution in [0.3, 0.4) is 0 Å². The molecule has 0 amide bonds. The summed E-state index contributed by atoms with van der Waals surface area (Å²) in [4.78, 5) is 0. The summed E-state index contributed by atoms with van der Waals surface area (Å²) >= 11 is 0. The molecule has 0 aromatic heterocycles. The quantitative estimate of drug-likeness (QED) is 0.806. The lowest BCUT2D eigenvalue weighted by Crippen LogP contribution is -2.12. The van der Waals surface area contributed by atoms with Crippen LogP contribution in [-0.2, 0) is 0 Å². The first-order valence-electron chi connectivity index (χ1n) is 5.34. The molecule has 0 saturated heterocycles. The number of rotatable bonds is 5. The van der Waals surface area contributed by atoms with Crippen LogP contribution in [0, 0.1) is 0 Å². The molecule has 0 aliphatic carbocycles. The number of benzene rings is 1. The SMILES string of the molecule is CCC[C@@H](N)c1c(OC)cc(O)cc1OC. The predicted octanol–water partition coefficient (Wildman–Crippen LogP) is 2.21. The molecule has 1 atom stereocenters. The van der Waals surface area contributed by atoms with E-state index in [0.717, 1.165) is 18.4 Å². The van der Waals surface area contributed by atoms with Gasteiger partial charge < -0.3 is 20.3 Å². The van der Waals surface area contributed by atoms with Gasteiger partial charge in [-0.1, -0.05) is 13.3 Å². The lowest BCUT2D eigenvalue weighted by Gasteiger charge is -2.18. The summed E-state index contributed by atoms with van der Waals surface area (Å²) in [6.07, 6.45) is 1.83. The standard InChI is InChI=1S/C12H19NO3/c1-4-5-9(13)12-10(15-2)6-8(14)7-11(12)16-3/h6-7,9,14H,4-5,13H2,1-3H3/t9-/m1/s1. The van der Waals surface area contributed by atoms with Crippen LogP contribution in [-0.4, -0.2) is 19.3 Å². The zero-order valence-corrected chi connectivity index (χ0v) is 9.99. The van der Waals surface area contributed by atoms with Crippen LogP contribution in [0.1, 0.15) is 31.4 Å². The molecule has 4 nitrogen and oxygen atoms in total. The molecule has 0 aliphatic rings. The molecule has 1 rings (SSSR count). The van der Waals surface area contributed by atoms with E-state index in [1.807, 2.05) is 0 Å². The zero-order chi connectivity index (χ0) is 12.1. The van der Waals surface area contributed by atoms with E-state index in [1.165, 1.54) is 0 Å². The van der Waals surface area contributed by atoms with Crippen molar-refractivity contribution in [2.45, 2.75) is 25.8 Å². The number of methoxy groups -OCH3 is 2. The van der Waals surface area contributed by atoms with E-state index < -0.39 is 0 Å². The number of hydrogen-bond donors (Lipinski definition) is 2. The van der Waals surface area contributed by atoms with E-state index in [2.05, 4.69) is 6.92 Å². The van der Waals surface area contributed by atoms with Gasteiger partial charge in [-0.15, -0.1) is 0 Å². The van der Waals surface area contributed by atoms with E-state index in [4.69, 9.17) is 15.2 Å². The maximum atomic E-state index is 9.49. The summed E-state index contributed by atoms with van der Waals surface area (Å²) in [5.41, 5.74) is 6.88. The Morgan fingerprint density at radius 1 is 1.25 bits per heavy atom. The molecule has 3 N–H and O–H groups in total. The van der Waals surface area contributed by atoms with Gasteiger partial charge in [-0.2, -0.15) is 0 Å². The molecule has 1 aromatic carbocycles. The number of aromatic hydroxyl groups is 1. The van der Waals surface area contributed by atoms with Crippen LogP contribution >= 0.6 is 0 Å². The van der Waals surface area contributed by atoms with Crippen molar-refractivity contribution in [1.82, 2.24) is 0 Å². The second kappa shape index (κ2) is 5.61. The van der Waals surface area contributed by atoms with Crippen LogP contribution in [0.2, 0.25) is 0 Å². The van der Waals surface area contributed by atoms with Crippen molar-refractivity contribution < 1.29 is 14.6 Å². The summed E-state index contributed by atoms with van der Waals surface area (Å²) in [5, 5.41) is 9.49. The summed E-state index contributed by atoms with van der Waals surface area (Å²) in [6.45, 7) is 2.07. The third-order valence-corrected chi connectivity index (χ3v) is 2.50. The number of phenolic OH excluding ortho intramolecular Hbond substituents is 1. The van der Waals surface area contributed by atoms with Gasteiger partial charge in [0.1, 0.15) is 17.2 Å². The number of ether oxygens (including phenoxy) is 2. The first-order valence-corrected chi connectivity index (χ1v) is 5.34. The Bertz CT molecular complexity index is 327. The minimum Gasteiger partial charge on any atom is -0.508 e. The normalized spacial score (nSPS) is 12.2. The maximum Gasteiger partial charge on any atom is 0.131 e. The van der Waals surface area contributed by atoms with Crippen molar-refractivity contribution in [3.63, 3.8) is 0 Å². The molecular weight excluding hydrogens is 206 g/mol. The third kappa shape index (κ3) is 2.58. The smallest absolute Gasteiger partial charge is 0.131 e. The highest BCUT2D eigenvalue weighted by Crippen LogP contribution is 2.38. The van der Waals surface area contributed by atoms with Crippen LogP contribution in [0.4, 0.5) is 0 Å². The summed E-state index contributed by atoms with van der Waals surface area (Å²) < 4.78 is 10.4. The molecule has 0 saturated carbocycles. The number of nitrogens with two attached hydrogens (primary N) is 1. The molecule has 0 unspecified atom stereocenters. The van der Waals surface area contributed by atoms with Gasteiger partial charge in [-0.3, -0.25) is 0 Å². The fourth-order valence-corrected chi connectivity index (χ4v) is 1.75. The van der Waals surface area contributed by atoms with Gasteiger partial charge in [0.15, 0.2) is 0 Å². The van der Waals surface area contributed by atoms with Gasteiger partial charge in [-0.05, 0) is 6.42 Å². The van der Waals surface area contributed by atoms with E-state index in [9.17, 15) is 5.11 Å². The Hall–Kier alpha value is -1.42. The topological polar surface area (TPSA) is 64.7 Å². The highest BCUT2D eigenvalue weighted by atomic mass is 16.5. The Morgan fingerprint density at radius 2 is 1.75 bits per heavy atom. The number of phenols is 1. The number of hydrogen-bond acceptors (Lipinski definition) is 4. The van der Waals surface area contributed by atoms with Crippen molar-refractivity contribution in [2.75, 3.05) is 14.2 Å². The monoisotopic (exact) mass is 225 g/mol. The molecule has 0 radical (unpaired) electrons. The Kier molecular flexibility index (Phi) is 4.43. The van der Waals surface area contributed by atoms with E-state index in [1.54, 1.807) is 26.4 Å². The first kappa shape index (κ1) is 12.6. The molecule has 1 aromatic rings. The van der Waals surface area contributed by atoms with Crippen molar-refractivity contribution >= 4 is 0 Å². The summed E-state index contributed by atoms with van der Waals surface area (Å²) in [5.74, 6) is 1.25. The zero-order valence-electron chi connectivity index (χ0n) is 9.99. The van der Waals surface area contributed by atoms with Crippen molar-refractivity contribution in [3.05, 3.63) is 17.7 Å². The molecule has 4 heteroatoms. The second-order valence-corrected chi connectivity index (χ2v) is 3.66. The lowest BCUT2D eigenvalue weighted by atomic mass is 10.0. The fraction of sp³-hybridized carbons (Fsp3) is 0.500. The average molecular weight is 225 g/mol. The van der Waals surface area contributed by atoms with E-state index in [0.29, 0.717) is 11.5 Å². The molecule has 0 fully saturated rings. The Morgan fingerprint density at radius 3 is 2.12 bits per heavy atom. The molecule has 16 heavy (non-hydrogen) atoms. The Balaban J connectivity index is 3.21. The molecule has 0 spiro atoms. The maximum absolute atomic E-state index is 9.49. The largest absolute Gasteiger partial charge is 0.508 e. The van der Waals surface area contributed by atoms with Gasteiger partial charge in [0.05, 0.1) is 19.8 Å². The highest BCUT2D eigenvalue weighted by molar-refractivity contribution is 5.51. The minimum absolute atomic E-state index is 0.112. The summed E-state index contributed by atoms with van der Waals surface area (Å²) in [6, 6.07) is 2.95. The predicted molar refractivity (Wildman–Crippen MR) is 63.0 cm³/mol. The lowest BCUT2D eigenvalue weighted by molar-refractivity contribution is 0.369. The third-order valence-electron chi connectivity index (χ3n) is 2.50. The minimum atomic E-state index is -0.143.